The summed E-state index contributed by atoms with van der Waals surface area (Å²) in [4.78, 5) is 10.6. The molecule has 2 saturated heterocycles. The number of hydrogen-bond donors (Lipinski definition) is 0. The van der Waals surface area contributed by atoms with E-state index in [9.17, 15) is 4.79 Å². The molecule has 0 aromatic heterocycles. The van der Waals surface area contributed by atoms with Gasteiger partial charge in [-0.2, -0.15) is 0 Å². The molecule has 0 radical (unpaired) electrons. The molecule has 11 heavy (non-hydrogen) atoms. The highest BCUT2D eigenvalue weighted by Gasteiger charge is 2.55. The van der Waals surface area contributed by atoms with Crippen LogP contribution in [0.2, 0.25) is 0 Å². The van der Waals surface area contributed by atoms with Crippen LogP contribution in [0, 0.1) is 0 Å². The zero-order valence-electron chi connectivity index (χ0n) is 5.60. The highest BCUT2D eigenvalue weighted by molar-refractivity contribution is 5.63. The van der Waals surface area contributed by atoms with Gasteiger partial charge in [-0.3, -0.25) is 0 Å². The first-order valence-electron chi connectivity index (χ1n) is 3.56. The smallest absolute Gasteiger partial charge is 0.424 e. The number of ether oxygens (including phenoxy) is 3. The number of rotatable bonds is 0. The van der Waals surface area contributed by atoms with Gasteiger partial charge in [-0.05, 0) is 0 Å². The normalized spacial score (nSPS) is 50.7. The maximum Gasteiger partial charge on any atom is 0.509 e. The molecule has 3 aliphatic rings. The second-order valence-electron chi connectivity index (χ2n) is 2.87. The van der Waals surface area contributed by atoms with Crippen molar-refractivity contribution in [1.82, 2.24) is 0 Å². The Kier molecular flexibility index (Phi) is 0.806. The molecule has 0 aliphatic carbocycles. The van der Waals surface area contributed by atoms with E-state index in [2.05, 4.69) is 0 Å². The van der Waals surface area contributed by atoms with Gasteiger partial charge in [0.1, 0.15) is 12.2 Å². The van der Waals surface area contributed by atoms with Gasteiger partial charge >= 0.3 is 6.16 Å². The summed E-state index contributed by atoms with van der Waals surface area (Å²) in [6.45, 7) is 0. The number of hydrogen-bond acceptors (Lipinski definition) is 4. The molecule has 0 saturated carbocycles. The molecule has 0 aromatic rings. The summed E-state index contributed by atoms with van der Waals surface area (Å²) in [6.07, 6.45) is 2.71. The molecule has 4 nitrogen and oxygen atoms in total. The molecule has 4 heteroatoms. The van der Waals surface area contributed by atoms with E-state index in [1.165, 1.54) is 0 Å². The summed E-state index contributed by atoms with van der Waals surface area (Å²) < 4.78 is 15.1. The summed E-state index contributed by atoms with van der Waals surface area (Å²) in [5.41, 5.74) is 0. The van der Waals surface area contributed by atoms with Gasteiger partial charge < -0.3 is 14.2 Å². The second kappa shape index (κ2) is 1.58. The van der Waals surface area contributed by atoms with Gasteiger partial charge in [-0.15, -0.1) is 0 Å². The first kappa shape index (κ1) is 5.60. The van der Waals surface area contributed by atoms with Gasteiger partial charge in [-0.1, -0.05) is 12.2 Å². The van der Waals surface area contributed by atoms with Crippen LogP contribution >= 0.6 is 0 Å². The maximum atomic E-state index is 10.6. The number of carbonyl (C=O) groups excluding carboxylic acids is 1. The maximum absolute atomic E-state index is 10.6. The molecule has 0 N–H and O–H groups in total. The summed E-state index contributed by atoms with van der Waals surface area (Å²) in [6, 6.07) is 0. The average molecular weight is 154 g/mol. The van der Waals surface area contributed by atoms with E-state index in [4.69, 9.17) is 14.2 Å². The van der Waals surface area contributed by atoms with Crippen molar-refractivity contribution in [3.63, 3.8) is 0 Å². The SMILES string of the molecule is O=C1O[C@@H]2C3C=CC(O3)[C@@H]2O1. The molecule has 0 spiro atoms. The Balaban J connectivity index is 1.97. The first-order chi connectivity index (χ1) is 5.34. The van der Waals surface area contributed by atoms with Crippen LogP contribution in [0.25, 0.3) is 0 Å². The Hall–Kier alpha value is -1.03. The zero-order chi connectivity index (χ0) is 7.42. The van der Waals surface area contributed by atoms with E-state index in [0.29, 0.717) is 0 Å². The fourth-order valence-corrected chi connectivity index (χ4v) is 1.76. The second-order valence-corrected chi connectivity index (χ2v) is 2.87. The minimum Gasteiger partial charge on any atom is -0.424 e. The minimum absolute atomic E-state index is 0.0727. The summed E-state index contributed by atoms with van der Waals surface area (Å²) in [5, 5.41) is 0. The van der Waals surface area contributed by atoms with E-state index in [-0.39, 0.29) is 24.4 Å². The molecule has 2 fully saturated rings. The lowest BCUT2D eigenvalue weighted by Crippen LogP contribution is -2.30. The van der Waals surface area contributed by atoms with Crippen molar-refractivity contribution in [2.45, 2.75) is 24.4 Å². The van der Waals surface area contributed by atoms with Gasteiger partial charge in [-0.25, -0.2) is 4.79 Å². The van der Waals surface area contributed by atoms with Crippen LogP contribution in [0.5, 0.6) is 0 Å². The predicted molar refractivity (Wildman–Crippen MR) is 32.9 cm³/mol. The quantitative estimate of drug-likeness (QED) is 0.370. The van der Waals surface area contributed by atoms with Crippen LogP contribution in [0.3, 0.4) is 0 Å². The highest BCUT2D eigenvalue weighted by atomic mass is 16.8. The lowest BCUT2D eigenvalue weighted by Gasteiger charge is -2.10. The van der Waals surface area contributed by atoms with Crippen molar-refractivity contribution >= 4 is 6.16 Å². The Morgan fingerprint density at radius 2 is 1.64 bits per heavy atom. The van der Waals surface area contributed by atoms with Gasteiger partial charge in [0.25, 0.3) is 0 Å². The molecule has 2 unspecified atom stereocenters. The Bertz CT molecular complexity index is 225. The molecule has 58 valence electrons. The third kappa shape index (κ3) is 0.557. The molecular formula is C7H6O4. The van der Waals surface area contributed by atoms with E-state index in [1.54, 1.807) is 0 Å². The third-order valence-electron chi connectivity index (χ3n) is 2.24. The Labute approximate surface area is 62.7 Å². The first-order valence-corrected chi connectivity index (χ1v) is 3.56. The third-order valence-corrected chi connectivity index (χ3v) is 2.24. The van der Waals surface area contributed by atoms with Crippen LogP contribution in [-0.2, 0) is 14.2 Å². The van der Waals surface area contributed by atoms with Crippen LogP contribution in [-0.4, -0.2) is 30.6 Å². The largest absolute Gasteiger partial charge is 0.509 e. The van der Waals surface area contributed by atoms with E-state index >= 15 is 0 Å². The van der Waals surface area contributed by atoms with E-state index < -0.39 is 6.16 Å². The molecular weight excluding hydrogens is 148 g/mol. The molecule has 0 amide bonds. The fraction of sp³-hybridized carbons (Fsp3) is 0.571. The summed E-state index contributed by atoms with van der Waals surface area (Å²) >= 11 is 0. The van der Waals surface area contributed by atoms with Gasteiger partial charge in [0, 0.05) is 0 Å². The van der Waals surface area contributed by atoms with Crippen LogP contribution in [0.1, 0.15) is 0 Å². The Morgan fingerprint density at radius 1 is 1.09 bits per heavy atom. The standard InChI is InChI=1S/C7H6O4/c8-7-10-5-3-1-2-4(9-3)6(5)11-7/h1-6H/t3?,4?,5-,6+. The fourth-order valence-electron chi connectivity index (χ4n) is 1.76. The van der Waals surface area contributed by atoms with Crippen molar-refractivity contribution in [2.24, 2.45) is 0 Å². The Morgan fingerprint density at radius 3 is 2.18 bits per heavy atom. The van der Waals surface area contributed by atoms with Crippen LogP contribution in [0.15, 0.2) is 12.2 Å². The highest BCUT2D eigenvalue weighted by Crippen LogP contribution is 2.37. The van der Waals surface area contributed by atoms with Crippen LogP contribution in [0.4, 0.5) is 4.79 Å². The number of fused-ring (bicyclic) bond motifs is 5. The summed E-state index contributed by atoms with van der Waals surface area (Å²) in [5.74, 6) is 0. The summed E-state index contributed by atoms with van der Waals surface area (Å²) in [7, 11) is 0. The minimum atomic E-state index is -0.568. The molecule has 0 aromatic carbocycles. The number of carbonyl (C=O) groups is 1. The van der Waals surface area contributed by atoms with Gasteiger partial charge in [0.2, 0.25) is 0 Å². The monoisotopic (exact) mass is 154 g/mol. The molecule has 3 rings (SSSR count). The van der Waals surface area contributed by atoms with Crippen molar-refractivity contribution in [2.75, 3.05) is 0 Å². The predicted octanol–water partition coefficient (Wildman–Crippen LogP) is 0.228. The van der Waals surface area contributed by atoms with Gasteiger partial charge in [0.15, 0.2) is 12.2 Å². The van der Waals surface area contributed by atoms with Crippen molar-refractivity contribution < 1.29 is 19.0 Å². The molecule has 3 heterocycles. The topological polar surface area (TPSA) is 44.8 Å². The van der Waals surface area contributed by atoms with Crippen LogP contribution < -0.4 is 0 Å². The molecule has 3 aliphatic heterocycles. The lowest BCUT2D eigenvalue weighted by atomic mass is 10.0. The lowest BCUT2D eigenvalue weighted by molar-refractivity contribution is 0.0262. The van der Waals surface area contributed by atoms with Crippen molar-refractivity contribution in [1.29, 1.82) is 0 Å². The molecule has 2 bridgehead atoms. The molecule has 4 atom stereocenters. The van der Waals surface area contributed by atoms with E-state index in [1.807, 2.05) is 12.2 Å². The van der Waals surface area contributed by atoms with Gasteiger partial charge in [0.05, 0.1) is 0 Å². The van der Waals surface area contributed by atoms with Crippen molar-refractivity contribution in [3.05, 3.63) is 12.2 Å². The van der Waals surface area contributed by atoms with E-state index in [0.717, 1.165) is 0 Å². The van der Waals surface area contributed by atoms with Crippen molar-refractivity contribution in [3.8, 4) is 0 Å². The average Bonchev–Trinajstić information content (AvgIpc) is 2.53. The zero-order valence-corrected chi connectivity index (χ0v) is 5.60.